The molecule has 4 rings (SSSR count). The Balaban J connectivity index is 1.52. The van der Waals surface area contributed by atoms with Gasteiger partial charge < -0.3 is 23.9 Å². The van der Waals surface area contributed by atoms with E-state index in [0.717, 1.165) is 35.6 Å². The van der Waals surface area contributed by atoms with Crippen LogP contribution in [0, 0.1) is 6.92 Å². The molecular formula is C28H29NO5. The van der Waals surface area contributed by atoms with Crippen LogP contribution in [0.3, 0.4) is 0 Å². The van der Waals surface area contributed by atoms with Gasteiger partial charge in [0.25, 0.3) is 0 Å². The number of nitrogens with one attached hydrogen (secondary N) is 1. The summed E-state index contributed by atoms with van der Waals surface area (Å²) < 4.78 is 22.6. The van der Waals surface area contributed by atoms with Gasteiger partial charge in [0, 0.05) is 12.6 Å². The zero-order valence-electron chi connectivity index (χ0n) is 19.7. The van der Waals surface area contributed by atoms with Gasteiger partial charge in [0.15, 0.2) is 5.43 Å². The van der Waals surface area contributed by atoms with Gasteiger partial charge in [-0.1, -0.05) is 24.3 Å². The minimum atomic E-state index is -0.0556. The first-order valence-electron chi connectivity index (χ1n) is 11.2. The zero-order valence-corrected chi connectivity index (χ0v) is 19.7. The molecule has 176 valence electrons. The smallest absolute Gasteiger partial charge is 0.192 e. The van der Waals surface area contributed by atoms with Crippen LogP contribution in [0.5, 0.6) is 17.2 Å². The Bertz CT molecular complexity index is 1290. The summed E-state index contributed by atoms with van der Waals surface area (Å²) in [5.41, 5.74) is 3.57. The third-order valence-corrected chi connectivity index (χ3v) is 5.69. The van der Waals surface area contributed by atoms with E-state index in [4.69, 9.17) is 18.6 Å². The highest BCUT2D eigenvalue weighted by Gasteiger charge is 2.14. The molecule has 1 N–H and O–H groups in total. The maximum absolute atomic E-state index is 12.5. The Morgan fingerprint density at radius 3 is 2.15 bits per heavy atom. The molecular weight excluding hydrogens is 430 g/mol. The van der Waals surface area contributed by atoms with Crippen molar-refractivity contribution in [2.45, 2.75) is 26.5 Å². The molecule has 1 heterocycles. The summed E-state index contributed by atoms with van der Waals surface area (Å²) in [6.07, 6.45) is 0.861. The Labute approximate surface area is 199 Å². The molecule has 1 aromatic heterocycles. The lowest BCUT2D eigenvalue weighted by Gasteiger charge is -2.15. The Hall–Kier alpha value is -3.77. The third-order valence-electron chi connectivity index (χ3n) is 5.69. The second-order valence-corrected chi connectivity index (χ2v) is 8.05. The minimum Gasteiger partial charge on any atom is -0.497 e. The van der Waals surface area contributed by atoms with Gasteiger partial charge in [-0.25, -0.2) is 0 Å². The monoisotopic (exact) mass is 459 g/mol. The van der Waals surface area contributed by atoms with Gasteiger partial charge in [-0.3, -0.25) is 4.79 Å². The van der Waals surface area contributed by atoms with Crippen molar-refractivity contribution >= 4 is 11.0 Å². The maximum atomic E-state index is 12.5. The fraction of sp³-hybridized carbons (Fsp3) is 0.250. The van der Waals surface area contributed by atoms with E-state index in [0.29, 0.717) is 35.6 Å². The molecule has 6 nitrogen and oxygen atoms in total. The molecule has 0 radical (unpaired) electrons. The van der Waals surface area contributed by atoms with Crippen molar-refractivity contribution < 1.29 is 18.6 Å². The van der Waals surface area contributed by atoms with E-state index in [-0.39, 0.29) is 5.43 Å². The molecule has 0 saturated heterocycles. The van der Waals surface area contributed by atoms with E-state index in [1.54, 1.807) is 27.2 Å². The summed E-state index contributed by atoms with van der Waals surface area (Å²) in [4.78, 5) is 12.5. The summed E-state index contributed by atoms with van der Waals surface area (Å²) in [5, 5.41) is 4.02. The van der Waals surface area contributed by atoms with Crippen LogP contribution in [0.15, 0.2) is 75.9 Å². The second-order valence-electron chi connectivity index (χ2n) is 8.05. The second kappa shape index (κ2) is 10.9. The van der Waals surface area contributed by atoms with Gasteiger partial charge in [-0.15, -0.1) is 0 Å². The van der Waals surface area contributed by atoms with Gasteiger partial charge in [0.1, 0.15) is 35.2 Å². The SMILES string of the molecule is COc1ccc(CCNCc2c(OCc3ccc(OC)cc3)ccc3c(=O)cc(C)oc23)cc1. The fourth-order valence-electron chi connectivity index (χ4n) is 3.80. The van der Waals surface area contributed by atoms with E-state index in [2.05, 4.69) is 17.4 Å². The van der Waals surface area contributed by atoms with E-state index in [9.17, 15) is 4.79 Å². The molecule has 6 heteroatoms. The number of methoxy groups -OCH3 is 2. The van der Waals surface area contributed by atoms with Gasteiger partial charge in [0.05, 0.1) is 25.2 Å². The maximum Gasteiger partial charge on any atom is 0.192 e. The molecule has 3 aromatic carbocycles. The zero-order chi connectivity index (χ0) is 23.9. The number of ether oxygens (including phenoxy) is 3. The normalized spacial score (nSPS) is 10.9. The van der Waals surface area contributed by atoms with Crippen LogP contribution in [0.2, 0.25) is 0 Å². The summed E-state index contributed by atoms with van der Waals surface area (Å²) >= 11 is 0. The molecule has 0 aliphatic carbocycles. The van der Waals surface area contributed by atoms with E-state index in [1.165, 1.54) is 11.6 Å². The summed E-state index contributed by atoms with van der Waals surface area (Å²) in [6.45, 7) is 3.45. The van der Waals surface area contributed by atoms with Crippen LogP contribution in [0.1, 0.15) is 22.5 Å². The van der Waals surface area contributed by atoms with Gasteiger partial charge in [0.2, 0.25) is 0 Å². The van der Waals surface area contributed by atoms with Gasteiger partial charge in [-0.05, 0) is 67.4 Å². The van der Waals surface area contributed by atoms with Crippen molar-refractivity contribution in [3.63, 3.8) is 0 Å². The van der Waals surface area contributed by atoms with Crippen LogP contribution in [-0.2, 0) is 19.6 Å². The molecule has 0 aliphatic rings. The average molecular weight is 460 g/mol. The summed E-state index contributed by atoms with van der Waals surface area (Å²) in [5.74, 6) is 2.91. The molecule has 34 heavy (non-hydrogen) atoms. The minimum absolute atomic E-state index is 0.0556. The Morgan fingerprint density at radius 1 is 0.853 bits per heavy atom. The molecule has 0 fully saturated rings. The first kappa shape index (κ1) is 23.4. The Morgan fingerprint density at radius 2 is 1.50 bits per heavy atom. The molecule has 0 aliphatic heterocycles. The molecule has 4 aromatic rings. The highest BCUT2D eigenvalue weighted by molar-refractivity contribution is 5.82. The molecule has 0 bridgehead atoms. The Kier molecular flexibility index (Phi) is 7.50. The molecule has 0 saturated carbocycles. The number of fused-ring (bicyclic) bond motifs is 1. The lowest BCUT2D eigenvalue weighted by atomic mass is 10.1. The number of hydrogen-bond donors (Lipinski definition) is 1. The van der Waals surface area contributed by atoms with Crippen molar-refractivity contribution in [1.29, 1.82) is 0 Å². The molecule has 0 unspecified atom stereocenters. The predicted octanol–water partition coefficient (Wildman–Crippen LogP) is 5.03. The highest BCUT2D eigenvalue weighted by Crippen LogP contribution is 2.28. The predicted molar refractivity (Wildman–Crippen MR) is 133 cm³/mol. The largest absolute Gasteiger partial charge is 0.497 e. The van der Waals surface area contributed by atoms with Gasteiger partial charge in [-0.2, -0.15) is 0 Å². The van der Waals surface area contributed by atoms with Crippen molar-refractivity contribution in [2.75, 3.05) is 20.8 Å². The summed E-state index contributed by atoms with van der Waals surface area (Å²) in [6, 6.07) is 20.9. The first-order chi connectivity index (χ1) is 16.6. The van der Waals surface area contributed by atoms with Crippen molar-refractivity contribution in [3.8, 4) is 17.2 Å². The van der Waals surface area contributed by atoms with E-state index in [1.807, 2.05) is 42.5 Å². The number of rotatable bonds is 10. The number of aryl methyl sites for hydroxylation is 1. The topological polar surface area (TPSA) is 69.9 Å². The molecule has 0 amide bonds. The lowest BCUT2D eigenvalue weighted by molar-refractivity contribution is 0.301. The molecule has 0 spiro atoms. The van der Waals surface area contributed by atoms with Crippen LogP contribution < -0.4 is 25.0 Å². The van der Waals surface area contributed by atoms with Crippen molar-refractivity contribution in [2.24, 2.45) is 0 Å². The average Bonchev–Trinajstić information content (AvgIpc) is 2.86. The van der Waals surface area contributed by atoms with E-state index < -0.39 is 0 Å². The lowest BCUT2D eigenvalue weighted by Crippen LogP contribution is -2.18. The van der Waals surface area contributed by atoms with Gasteiger partial charge >= 0.3 is 0 Å². The quantitative estimate of drug-likeness (QED) is 0.336. The highest BCUT2D eigenvalue weighted by atomic mass is 16.5. The summed E-state index contributed by atoms with van der Waals surface area (Å²) in [7, 11) is 3.30. The van der Waals surface area contributed by atoms with Crippen LogP contribution in [-0.4, -0.2) is 20.8 Å². The standard InChI is InChI=1S/C28H29NO5/c1-19-16-26(30)24-12-13-27(33-18-21-6-10-23(32-3)11-7-21)25(28(24)34-19)17-29-15-14-20-4-8-22(31-2)9-5-20/h4-13,16,29H,14-15,17-18H2,1-3H3. The molecule has 0 atom stereocenters. The van der Waals surface area contributed by atoms with Crippen LogP contribution in [0.25, 0.3) is 11.0 Å². The van der Waals surface area contributed by atoms with Crippen LogP contribution in [0.4, 0.5) is 0 Å². The first-order valence-corrected chi connectivity index (χ1v) is 11.2. The third kappa shape index (κ3) is 5.58. The fourth-order valence-corrected chi connectivity index (χ4v) is 3.80. The number of hydrogen-bond acceptors (Lipinski definition) is 6. The van der Waals surface area contributed by atoms with Crippen LogP contribution >= 0.6 is 0 Å². The number of benzene rings is 3. The van der Waals surface area contributed by atoms with E-state index >= 15 is 0 Å². The van der Waals surface area contributed by atoms with Crippen molar-refractivity contribution in [1.82, 2.24) is 5.32 Å². The van der Waals surface area contributed by atoms with Crippen molar-refractivity contribution in [3.05, 3.63) is 99.4 Å².